The van der Waals surface area contributed by atoms with Crippen molar-refractivity contribution in [3.8, 4) is 0 Å². The molecule has 0 bridgehead atoms. The molecule has 0 heterocycles. The van der Waals surface area contributed by atoms with Crippen molar-refractivity contribution in [1.29, 1.82) is 0 Å². The smallest absolute Gasteiger partial charge is 0.323 e. The number of benzene rings is 1. The molecule has 1 rings (SSSR count). The topological polar surface area (TPSA) is 95.7 Å². The van der Waals surface area contributed by atoms with Crippen molar-refractivity contribution in [3.05, 3.63) is 39.9 Å². The number of carbonyl (C=O) groups is 2. The molecule has 0 saturated heterocycles. The fourth-order valence-corrected chi connectivity index (χ4v) is 1.95. The third kappa shape index (κ3) is 4.03. The number of non-ortho nitro benzene ring substituents is 1. The molecular weight excluding hydrogens is 290 g/mol. The quantitative estimate of drug-likeness (QED) is 0.332. The highest BCUT2D eigenvalue weighted by molar-refractivity contribution is 5.99. The molecule has 120 valence electrons. The summed E-state index contributed by atoms with van der Waals surface area (Å²) in [4.78, 5) is 34.4. The molecule has 0 saturated carbocycles. The number of ether oxygens (including phenoxy) is 2. The van der Waals surface area contributed by atoms with Crippen LogP contribution in [-0.2, 0) is 25.5 Å². The van der Waals surface area contributed by atoms with Crippen LogP contribution in [0, 0.1) is 15.5 Å². The second-order valence-electron chi connectivity index (χ2n) is 4.87. The number of hydrogen-bond donors (Lipinski definition) is 0. The van der Waals surface area contributed by atoms with Gasteiger partial charge in [-0.1, -0.05) is 12.1 Å². The van der Waals surface area contributed by atoms with E-state index in [2.05, 4.69) is 0 Å². The summed E-state index contributed by atoms with van der Waals surface area (Å²) in [6.45, 7) is 5.04. The molecule has 0 unspecified atom stereocenters. The van der Waals surface area contributed by atoms with E-state index in [1.807, 2.05) is 0 Å². The van der Waals surface area contributed by atoms with Crippen molar-refractivity contribution in [3.63, 3.8) is 0 Å². The van der Waals surface area contributed by atoms with Crippen LogP contribution in [0.5, 0.6) is 0 Å². The van der Waals surface area contributed by atoms with Crippen LogP contribution in [0.2, 0.25) is 0 Å². The molecule has 7 heteroatoms. The van der Waals surface area contributed by atoms with Crippen molar-refractivity contribution in [2.24, 2.45) is 5.41 Å². The zero-order chi connectivity index (χ0) is 16.8. The van der Waals surface area contributed by atoms with Crippen LogP contribution in [0.25, 0.3) is 0 Å². The summed E-state index contributed by atoms with van der Waals surface area (Å²) in [5.41, 5.74) is -0.936. The second kappa shape index (κ2) is 7.53. The number of esters is 2. The van der Waals surface area contributed by atoms with E-state index in [9.17, 15) is 19.7 Å². The fourth-order valence-electron chi connectivity index (χ4n) is 1.95. The molecule has 0 aliphatic carbocycles. The maximum absolute atomic E-state index is 12.1. The van der Waals surface area contributed by atoms with Gasteiger partial charge in [-0.3, -0.25) is 19.7 Å². The Kier molecular flexibility index (Phi) is 6.03. The summed E-state index contributed by atoms with van der Waals surface area (Å²) in [7, 11) is 0. The minimum absolute atomic E-state index is 0.0443. The Morgan fingerprint density at radius 1 is 1.09 bits per heavy atom. The summed E-state index contributed by atoms with van der Waals surface area (Å²) in [6.07, 6.45) is 0.0443. The van der Waals surface area contributed by atoms with Crippen LogP contribution >= 0.6 is 0 Å². The lowest BCUT2D eigenvalue weighted by molar-refractivity contribution is -0.384. The molecule has 1 aromatic carbocycles. The Bertz CT molecular complexity index is 534. The van der Waals surface area contributed by atoms with Gasteiger partial charge in [-0.2, -0.15) is 0 Å². The summed E-state index contributed by atoms with van der Waals surface area (Å²) < 4.78 is 9.92. The third-order valence-corrected chi connectivity index (χ3v) is 3.16. The fraction of sp³-hybridized carbons (Fsp3) is 0.467. The third-order valence-electron chi connectivity index (χ3n) is 3.16. The first-order chi connectivity index (χ1) is 10.3. The van der Waals surface area contributed by atoms with E-state index in [4.69, 9.17) is 9.47 Å². The van der Waals surface area contributed by atoms with Gasteiger partial charge in [0.05, 0.1) is 18.1 Å². The van der Waals surface area contributed by atoms with E-state index in [1.165, 1.54) is 31.2 Å². The highest BCUT2D eigenvalue weighted by Gasteiger charge is 2.44. The average Bonchev–Trinajstić information content (AvgIpc) is 2.48. The van der Waals surface area contributed by atoms with E-state index in [-0.39, 0.29) is 25.3 Å². The molecule has 0 amide bonds. The van der Waals surface area contributed by atoms with Gasteiger partial charge in [-0.15, -0.1) is 0 Å². The van der Waals surface area contributed by atoms with Crippen molar-refractivity contribution in [2.75, 3.05) is 13.2 Å². The normalized spacial score (nSPS) is 10.9. The number of nitro benzene ring substituents is 1. The van der Waals surface area contributed by atoms with Crippen molar-refractivity contribution in [1.82, 2.24) is 0 Å². The molecule has 0 aromatic heterocycles. The largest absolute Gasteiger partial charge is 0.465 e. The SMILES string of the molecule is CCOC(=O)C(C)(Cc1ccc([N+](=O)[O-])cc1)C(=O)OCC. The number of hydrogen-bond acceptors (Lipinski definition) is 6. The van der Waals surface area contributed by atoms with Crippen molar-refractivity contribution < 1.29 is 24.0 Å². The van der Waals surface area contributed by atoms with Gasteiger partial charge < -0.3 is 9.47 Å². The number of rotatable bonds is 7. The predicted molar refractivity (Wildman–Crippen MR) is 78.2 cm³/mol. The lowest BCUT2D eigenvalue weighted by atomic mass is 9.83. The van der Waals surface area contributed by atoms with Gasteiger partial charge >= 0.3 is 11.9 Å². The number of nitro groups is 1. The molecule has 0 aliphatic heterocycles. The molecule has 0 N–H and O–H groups in total. The Balaban J connectivity index is 3.04. The van der Waals surface area contributed by atoms with Gasteiger partial charge in [-0.05, 0) is 32.8 Å². The molecule has 22 heavy (non-hydrogen) atoms. The zero-order valence-corrected chi connectivity index (χ0v) is 12.8. The lowest BCUT2D eigenvalue weighted by Gasteiger charge is -2.25. The molecule has 0 aliphatic rings. The highest BCUT2D eigenvalue weighted by Crippen LogP contribution is 2.27. The van der Waals surface area contributed by atoms with Gasteiger partial charge in [0, 0.05) is 12.1 Å². The van der Waals surface area contributed by atoms with Crippen LogP contribution in [0.1, 0.15) is 26.3 Å². The molecule has 0 fully saturated rings. The summed E-state index contributed by atoms with van der Waals surface area (Å²) >= 11 is 0. The summed E-state index contributed by atoms with van der Waals surface area (Å²) in [6, 6.07) is 5.67. The molecule has 0 radical (unpaired) electrons. The van der Waals surface area contributed by atoms with Crippen LogP contribution in [0.3, 0.4) is 0 Å². The number of nitrogens with zero attached hydrogens (tertiary/aromatic N) is 1. The zero-order valence-electron chi connectivity index (χ0n) is 12.8. The Morgan fingerprint density at radius 3 is 1.91 bits per heavy atom. The highest BCUT2D eigenvalue weighted by atomic mass is 16.6. The van der Waals surface area contributed by atoms with E-state index >= 15 is 0 Å². The molecular formula is C15H19NO6. The van der Waals surface area contributed by atoms with Gasteiger partial charge in [0.15, 0.2) is 5.41 Å². The van der Waals surface area contributed by atoms with Gasteiger partial charge in [0.2, 0.25) is 0 Å². The monoisotopic (exact) mass is 309 g/mol. The standard InChI is InChI=1S/C15H19NO6/c1-4-21-13(17)15(3,14(18)22-5-2)10-11-6-8-12(9-7-11)16(19)20/h6-9H,4-5,10H2,1-3H3. The molecule has 7 nitrogen and oxygen atoms in total. The molecule has 0 atom stereocenters. The van der Waals surface area contributed by atoms with Gasteiger partial charge in [-0.25, -0.2) is 0 Å². The van der Waals surface area contributed by atoms with Crippen LogP contribution in [0.4, 0.5) is 5.69 Å². The maximum atomic E-state index is 12.1. The molecule has 1 aromatic rings. The maximum Gasteiger partial charge on any atom is 0.323 e. The second-order valence-corrected chi connectivity index (χ2v) is 4.87. The first-order valence-electron chi connectivity index (χ1n) is 6.93. The minimum Gasteiger partial charge on any atom is -0.465 e. The summed E-state index contributed by atoms with van der Waals surface area (Å²) in [5, 5.41) is 10.6. The van der Waals surface area contributed by atoms with Gasteiger partial charge in [0.1, 0.15) is 0 Å². The minimum atomic E-state index is -1.48. The van der Waals surface area contributed by atoms with E-state index < -0.39 is 22.3 Å². The summed E-state index contributed by atoms with van der Waals surface area (Å²) in [5.74, 6) is -1.35. The van der Waals surface area contributed by atoms with Gasteiger partial charge in [0.25, 0.3) is 5.69 Å². The van der Waals surface area contributed by atoms with Crippen molar-refractivity contribution in [2.45, 2.75) is 27.2 Å². The van der Waals surface area contributed by atoms with Crippen molar-refractivity contribution >= 4 is 17.6 Å². The Labute approximate surface area is 128 Å². The Morgan fingerprint density at radius 2 is 1.55 bits per heavy atom. The number of carbonyl (C=O) groups excluding carboxylic acids is 2. The van der Waals surface area contributed by atoms with Crippen LogP contribution in [-0.4, -0.2) is 30.1 Å². The van der Waals surface area contributed by atoms with Crippen LogP contribution < -0.4 is 0 Å². The predicted octanol–water partition coefficient (Wildman–Crippen LogP) is 2.27. The Hall–Kier alpha value is -2.44. The van der Waals surface area contributed by atoms with E-state index in [1.54, 1.807) is 13.8 Å². The van der Waals surface area contributed by atoms with E-state index in [0.717, 1.165) is 0 Å². The van der Waals surface area contributed by atoms with Crippen LogP contribution in [0.15, 0.2) is 24.3 Å². The first-order valence-corrected chi connectivity index (χ1v) is 6.93. The average molecular weight is 309 g/mol. The lowest BCUT2D eigenvalue weighted by Crippen LogP contribution is -2.41. The molecule has 0 spiro atoms. The first kappa shape index (κ1) is 17.6. The van der Waals surface area contributed by atoms with E-state index in [0.29, 0.717) is 5.56 Å².